The number of benzene rings is 1. The summed E-state index contributed by atoms with van der Waals surface area (Å²) in [6.45, 7) is 6.15. The number of allylic oxidation sites excluding steroid dienone is 1. The summed E-state index contributed by atoms with van der Waals surface area (Å²) in [7, 11) is 0. The minimum Gasteiger partial charge on any atom is -0.460 e. The van der Waals surface area contributed by atoms with Crippen LogP contribution in [0.3, 0.4) is 0 Å². The minimum atomic E-state index is -1.38. The smallest absolute Gasteiger partial charge is 0.338 e. The van der Waals surface area contributed by atoms with Crippen LogP contribution in [-0.2, 0) is 38.1 Å². The maximum atomic E-state index is 13.9. The molecule has 0 bridgehead atoms. The van der Waals surface area contributed by atoms with Crippen LogP contribution < -0.4 is 10.6 Å². The predicted octanol–water partition coefficient (Wildman–Crippen LogP) is 3.89. The van der Waals surface area contributed by atoms with Gasteiger partial charge < -0.3 is 44.5 Å². The summed E-state index contributed by atoms with van der Waals surface area (Å²) in [6.07, 6.45) is 10.6. The highest BCUT2D eigenvalue weighted by Crippen LogP contribution is 2.59. The summed E-state index contributed by atoms with van der Waals surface area (Å²) in [4.78, 5) is 53.1. The zero-order valence-electron chi connectivity index (χ0n) is 32.2. The fourth-order valence-electron chi connectivity index (χ4n) is 8.19. The van der Waals surface area contributed by atoms with Crippen LogP contribution in [-0.4, -0.2) is 101 Å². The average molecular weight is 765 g/mol. The Balaban J connectivity index is 1.01. The van der Waals surface area contributed by atoms with E-state index >= 15 is 0 Å². The van der Waals surface area contributed by atoms with Crippen molar-refractivity contribution >= 4 is 29.8 Å². The number of nitrogens with one attached hydrogen (secondary N) is 2. The lowest BCUT2D eigenvalue weighted by Gasteiger charge is -2.31. The first-order chi connectivity index (χ1) is 26.2. The fraction of sp³-hybridized carbons (Fsp3) is 0.667. The topological polar surface area (TPSA) is 182 Å². The van der Waals surface area contributed by atoms with Crippen LogP contribution in [0.5, 0.6) is 0 Å². The van der Waals surface area contributed by atoms with E-state index in [-0.39, 0.29) is 36.7 Å². The van der Waals surface area contributed by atoms with Crippen LogP contribution in [0.1, 0.15) is 108 Å². The van der Waals surface area contributed by atoms with Crippen LogP contribution in [0.25, 0.3) is 6.08 Å². The third-order valence-corrected chi connectivity index (χ3v) is 11.4. The highest BCUT2D eigenvalue weighted by Gasteiger charge is 2.64. The maximum Gasteiger partial charge on any atom is 0.338 e. The van der Waals surface area contributed by atoms with Gasteiger partial charge in [-0.3, -0.25) is 14.4 Å². The van der Waals surface area contributed by atoms with Gasteiger partial charge in [0.15, 0.2) is 5.79 Å². The SMILES string of the molecule is CC(O)C(NC(=O)C1=CC2OC(C3CC3)(C3CC3)OC2C(OC(=O)c2ccc(C=CC3CCC4OC4C3)cc2)C1)C(=O)NC(CO)CCC(=O)OC(C)(C)C. The molecule has 5 fully saturated rings. The first kappa shape index (κ1) is 39.6. The molecule has 7 rings (SSSR count). The second-order valence-electron chi connectivity index (χ2n) is 17.2. The van der Waals surface area contributed by atoms with Gasteiger partial charge in [-0.1, -0.05) is 24.3 Å². The van der Waals surface area contributed by atoms with E-state index < -0.39 is 78.2 Å². The van der Waals surface area contributed by atoms with Crippen molar-refractivity contribution in [2.24, 2.45) is 17.8 Å². The van der Waals surface area contributed by atoms with E-state index in [1.165, 1.54) is 6.92 Å². The number of aliphatic hydroxyl groups is 2. The number of fused-ring (bicyclic) bond motifs is 2. The Morgan fingerprint density at radius 1 is 0.982 bits per heavy atom. The Hall–Kier alpha value is -3.62. The molecule has 9 unspecified atom stereocenters. The minimum absolute atomic E-state index is 0.00455. The number of rotatable bonds is 15. The molecule has 9 atom stereocenters. The average Bonchev–Trinajstić information content (AvgIpc) is 4.01. The molecule has 0 spiro atoms. The number of ether oxygens (including phenoxy) is 5. The fourth-order valence-corrected chi connectivity index (χ4v) is 8.19. The maximum absolute atomic E-state index is 13.9. The third kappa shape index (κ3) is 9.68. The number of esters is 2. The van der Waals surface area contributed by atoms with Gasteiger partial charge in [-0.2, -0.15) is 0 Å². The lowest BCUT2D eigenvalue weighted by Crippen LogP contribution is -2.55. The van der Waals surface area contributed by atoms with Crippen molar-refractivity contribution in [3.8, 4) is 0 Å². The lowest BCUT2D eigenvalue weighted by atomic mass is 9.89. The first-order valence-corrected chi connectivity index (χ1v) is 20.0. The van der Waals surface area contributed by atoms with Gasteiger partial charge >= 0.3 is 11.9 Å². The number of hydrogen-bond donors (Lipinski definition) is 4. The van der Waals surface area contributed by atoms with Gasteiger partial charge in [-0.05, 0) is 109 Å². The Bertz CT molecular complexity index is 1650. The molecule has 3 saturated carbocycles. The van der Waals surface area contributed by atoms with E-state index in [4.69, 9.17) is 23.7 Å². The van der Waals surface area contributed by atoms with E-state index in [0.29, 0.717) is 23.7 Å². The summed E-state index contributed by atoms with van der Waals surface area (Å²) in [5.74, 6) is -2.22. The summed E-state index contributed by atoms with van der Waals surface area (Å²) in [5.41, 5.74) is 0.902. The predicted molar refractivity (Wildman–Crippen MR) is 199 cm³/mol. The standard InChI is InChI=1S/C42H56N2O11/c1-23(46)36(39(49)43-30(22-45)16-18-35(47)54-41(2,3)4)44-38(48)27-20-33(37-34(21-27)53-42(55-37,28-12-13-28)29-14-15-29)52-40(50)26-10-7-24(8-11-26)5-6-25-9-17-31-32(19-25)51-31/h5-8,10-11,21,23,25,28-34,36-37,45-46H,9,12-20,22H2,1-4H3,(H,43,49)(H,44,48). The summed E-state index contributed by atoms with van der Waals surface area (Å²) in [6, 6.07) is 5.03. The second-order valence-corrected chi connectivity index (χ2v) is 17.2. The van der Waals surface area contributed by atoms with E-state index in [9.17, 15) is 29.4 Å². The Morgan fingerprint density at radius 3 is 2.31 bits per heavy atom. The number of carbonyl (C=O) groups is 4. The van der Waals surface area contributed by atoms with Gasteiger partial charge in [0.05, 0.1) is 36.5 Å². The van der Waals surface area contributed by atoms with E-state index in [2.05, 4.69) is 22.8 Å². The molecule has 13 nitrogen and oxygen atoms in total. The Morgan fingerprint density at radius 2 is 1.69 bits per heavy atom. The molecule has 0 radical (unpaired) electrons. The molecule has 2 amide bonds. The lowest BCUT2D eigenvalue weighted by molar-refractivity contribution is -0.209. The van der Waals surface area contributed by atoms with Crippen LogP contribution >= 0.6 is 0 Å². The zero-order chi connectivity index (χ0) is 39.1. The summed E-state index contributed by atoms with van der Waals surface area (Å²) in [5, 5.41) is 25.8. The summed E-state index contributed by atoms with van der Waals surface area (Å²) < 4.78 is 30.5. The van der Waals surface area contributed by atoms with Gasteiger partial charge in [-0.15, -0.1) is 0 Å². The highest BCUT2D eigenvalue weighted by molar-refractivity contribution is 5.97. The van der Waals surface area contributed by atoms with E-state index in [0.717, 1.165) is 50.5 Å². The molecule has 1 aromatic carbocycles. The Labute approximate surface area is 322 Å². The van der Waals surface area contributed by atoms with Crippen LogP contribution in [0.4, 0.5) is 0 Å². The largest absolute Gasteiger partial charge is 0.460 e. The molecule has 1 aromatic rings. The van der Waals surface area contributed by atoms with Crippen molar-refractivity contribution in [3.63, 3.8) is 0 Å². The molecular weight excluding hydrogens is 708 g/mol. The molecular formula is C42H56N2O11. The number of carbonyl (C=O) groups excluding carboxylic acids is 4. The van der Waals surface area contributed by atoms with Crippen molar-refractivity contribution in [3.05, 3.63) is 53.1 Å². The van der Waals surface area contributed by atoms with E-state index in [1.807, 2.05) is 12.1 Å². The molecule has 300 valence electrons. The first-order valence-electron chi connectivity index (χ1n) is 20.0. The van der Waals surface area contributed by atoms with Crippen molar-refractivity contribution < 1.29 is 53.1 Å². The third-order valence-electron chi connectivity index (χ3n) is 11.4. The Kier molecular flexibility index (Phi) is 11.6. The van der Waals surface area contributed by atoms with Crippen LogP contribution in [0.2, 0.25) is 0 Å². The molecule has 2 saturated heterocycles. The molecule has 55 heavy (non-hydrogen) atoms. The molecule has 2 heterocycles. The van der Waals surface area contributed by atoms with E-state index in [1.54, 1.807) is 39.0 Å². The quantitative estimate of drug-likeness (QED) is 0.150. The highest BCUT2D eigenvalue weighted by atomic mass is 16.8. The number of aliphatic hydroxyl groups excluding tert-OH is 2. The molecule has 4 N–H and O–H groups in total. The molecule has 0 aromatic heterocycles. The van der Waals surface area contributed by atoms with Crippen LogP contribution in [0, 0.1) is 17.8 Å². The zero-order valence-corrected chi connectivity index (χ0v) is 32.2. The monoisotopic (exact) mass is 764 g/mol. The molecule has 13 heteroatoms. The van der Waals surface area contributed by atoms with Gasteiger partial charge in [0.1, 0.15) is 30.0 Å². The summed E-state index contributed by atoms with van der Waals surface area (Å²) >= 11 is 0. The van der Waals surface area contributed by atoms with Crippen molar-refractivity contribution in [1.29, 1.82) is 0 Å². The molecule has 4 aliphatic carbocycles. The normalized spacial score (nSPS) is 29.9. The number of hydrogen-bond acceptors (Lipinski definition) is 11. The number of epoxide rings is 1. The van der Waals surface area contributed by atoms with Crippen LogP contribution in [0.15, 0.2) is 42.0 Å². The molecule has 6 aliphatic rings. The van der Waals surface area contributed by atoms with Gasteiger partial charge in [0.2, 0.25) is 11.8 Å². The number of amides is 2. The van der Waals surface area contributed by atoms with Gasteiger partial charge in [0, 0.05) is 30.3 Å². The van der Waals surface area contributed by atoms with Crippen molar-refractivity contribution in [1.82, 2.24) is 10.6 Å². The van der Waals surface area contributed by atoms with Crippen molar-refractivity contribution in [2.45, 2.75) is 152 Å². The van der Waals surface area contributed by atoms with Crippen molar-refractivity contribution in [2.75, 3.05) is 6.61 Å². The second kappa shape index (κ2) is 16.1. The molecule has 2 aliphatic heterocycles. The van der Waals surface area contributed by atoms with Gasteiger partial charge in [0.25, 0.3) is 0 Å². The van der Waals surface area contributed by atoms with Gasteiger partial charge in [-0.25, -0.2) is 4.79 Å².